The second-order valence-corrected chi connectivity index (χ2v) is 8.77. The largest absolute Gasteiger partial charge is 0.353 e. The van der Waals surface area contributed by atoms with Gasteiger partial charge in [-0.05, 0) is 51.4 Å². The van der Waals surface area contributed by atoms with Crippen LogP contribution >= 0.6 is 0 Å². The first-order chi connectivity index (χ1) is 13.3. The number of alkyl halides is 4. The lowest BCUT2D eigenvalue weighted by atomic mass is 9.84. The average molecular weight is 406 g/mol. The summed E-state index contributed by atoms with van der Waals surface area (Å²) >= 11 is 0. The van der Waals surface area contributed by atoms with E-state index in [9.17, 15) is 27.2 Å². The minimum atomic E-state index is -1.29. The summed E-state index contributed by atoms with van der Waals surface area (Å²) < 4.78 is 54.2. The van der Waals surface area contributed by atoms with Crippen LogP contribution in [0.15, 0.2) is 0 Å². The van der Waals surface area contributed by atoms with Crippen molar-refractivity contribution >= 4 is 11.8 Å². The summed E-state index contributed by atoms with van der Waals surface area (Å²) in [5.74, 6) is -1.96. The number of nitrogens with one attached hydrogen (secondary N) is 2. The van der Waals surface area contributed by atoms with Gasteiger partial charge in [0.15, 0.2) is 0 Å². The number of hydrogen-bond donors (Lipinski definition) is 2. The highest BCUT2D eigenvalue weighted by atomic mass is 19.2. The molecule has 3 rings (SSSR count). The molecule has 0 spiro atoms. The van der Waals surface area contributed by atoms with Crippen LogP contribution in [0.5, 0.6) is 0 Å². The molecular weight excluding hydrogens is 376 g/mol. The molecule has 3 saturated carbocycles. The van der Waals surface area contributed by atoms with Crippen LogP contribution in [0.1, 0.15) is 64.2 Å². The smallest absolute Gasteiger partial charge is 0.223 e. The molecule has 2 amide bonds. The molecule has 0 saturated heterocycles. The SMILES string of the molecule is O=C(NC1CCCC(NC(=O)C2CC(F)CC(F)C2)C1)C1CC(F)CC(F)C1. The third kappa shape index (κ3) is 5.83. The van der Waals surface area contributed by atoms with Gasteiger partial charge < -0.3 is 10.6 Å². The number of carbonyl (C=O) groups is 2. The van der Waals surface area contributed by atoms with E-state index in [1.165, 1.54) is 0 Å². The van der Waals surface area contributed by atoms with Gasteiger partial charge in [-0.1, -0.05) is 0 Å². The number of hydrogen-bond acceptors (Lipinski definition) is 2. The molecule has 0 bridgehead atoms. The van der Waals surface area contributed by atoms with E-state index in [0.29, 0.717) is 6.42 Å². The summed E-state index contributed by atoms with van der Waals surface area (Å²) in [4.78, 5) is 24.8. The molecule has 8 heteroatoms. The predicted octanol–water partition coefficient (Wildman–Crippen LogP) is 3.48. The number of halogens is 4. The Hall–Kier alpha value is -1.34. The second-order valence-electron chi connectivity index (χ2n) is 8.77. The van der Waals surface area contributed by atoms with Crippen LogP contribution in [-0.2, 0) is 9.59 Å². The van der Waals surface area contributed by atoms with Crippen molar-refractivity contribution in [2.24, 2.45) is 11.8 Å². The van der Waals surface area contributed by atoms with Crippen molar-refractivity contribution in [1.29, 1.82) is 0 Å². The molecule has 0 aliphatic heterocycles. The van der Waals surface area contributed by atoms with Crippen molar-refractivity contribution < 1.29 is 27.2 Å². The average Bonchev–Trinajstić information content (AvgIpc) is 2.60. The molecule has 3 fully saturated rings. The minimum absolute atomic E-state index is 0.0512. The van der Waals surface area contributed by atoms with Gasteiger partial charge >= 0.3 is 0 Å². The van der Waals surface area contributed by atoms with E-state index >= 15 is 0 Å². The molecule has 28 heavy (non-hydrogen) atoms. The molecule has 2 N–H and O–H groups in total. The normalized spacial score (nSPS) is 41.9. The maximum Gasteiger partial charge on any atom is 0.223 e. The first-order valence-corrected chi connectivity index (χ1v) is 10.5. The Morgan fingerprint density at radius 1 is 0.571 bits per heavy atom. The molecule has 0 radical (unpaired) electrons. The highest BCUT2D eigenvalue weighted by Gasteiger charge is 2.36. The quantitative estimate of drug-likeness (QED) is 0.703. The van der Waals surface area contributed by atoms with Crippen LogP contribution in [0.4, 0.5) is 17.6 Å². The maximum atomic E-state index is 13.5. The van der Waals surface area contributed by atoms with E-state index < -0.39 is 36.5 Å². The van der Waals surface area contributed by atoms with Gasteiger partial charge in [-0.2, -0.15) is 0 Å². The second kappa shape index (κ2) is 9.44. The maximum absolute atomic E-state index is 13.5. The van der Waals surface area contributed by atoms with Crippen molar-refractivity contribution in [3.63, 3.8) is 0 Å². The molecule has 6 unspecified atom stereocenters. The van der Waals surface area contributed by atoms with Gasteiger partial charge in [-0.3, -0.25) is 9.59 Å². The lowest BCUT2D eigenvalue weighted by Gasteiger charge is -2.34. The summed E-state index contributed by atoms with van der Waals surface area (Å²) in [5.41, 5.74) is 0. The van der Waals surface area contributed by atoms with E-state index in [4.69, 9.17) is 0 Å². The monoisotopic (exact) mass is 406 g/mol. The molecule has 160 valence electrons. The summed E-state index contributed by atoms with van der Waals surface area (Å²) in [6.07, 6.45) is -2.41. The van der Waals surface area contributed by atoms with E-state index in [1.807, 2.05) is 0 Å². The van der Waals surface area contributed by atoms with E-state index in [-0.39, 0.29) is 62.4 Å². The summed E-state index contributed by atoms with van der Waals surface area (Å²) in [6, 6.07) is -0.336. The molecule has 0 heterocycles. The van der Waals surface area contributed by atoms with Gasteiger partial charge in [0, 0.05) is 36.8 Å². The summed E-state index contributed by atoms with van der Waals surface area (Å²) in [7, 11) is 0. The lowest BCUT2D eigenvalue weighted by Crippen LogP contribution is -2.49. The highest BCUT2D eigenvalue weighted by molar-refractivity contribution is 5.80. The molecule has 6 atom stereocenters. The van der Waals surface area contributed by atoms with Crippen LogP contribution in [0, 0.1) is 11.8 Å². The van der Waals surface area contributed by atoms with Crippen LogP contribution in [0.2, 0.25) is 0 Å². The zero-order valence-corrected chi connectivity index (χ0v) is 16.0. The van der Waals surface area contributed by atoms with E-state index in [0.717, 1.165) is 19.3 Å². The molecule has 3 aliphatic rings. The van der Waals surface area contributed by atoms with Crippen LogP contribution in [-0.4, -0.2) is 48.6 Å². The zero-order chi connectivity index (χ0) is 20.3. The van der Waals surface area contributed by atoms with Crippen molar-refractivity contribution in [2.75, 3.05) is 0 Å². The van der Waals surface area contributed by atoms with Crippen LogP contribution in [0.3, 0.4) is 0 Å². The van der Waals surface area contributed by atoms with Crippen molar-refractivity contribution in [2.45, 2.75) is 101 Å². The Bertz CT molecular complexity index is 498. The van der Waals surface area contributed by atoms with Gasteiger partial charge in [-0.15, -0.1) is 0 Å². The molecule has 0 aromatic rings. The van der Waals surface area contributed by atoms with Gasteiger partial charge in [-0.25, -0.2) is 17.6 Å². The molecular formula is C20H30F4N2O2. The Labute approximate surface area is 163 Å². The first-order valence-electron chi connectivity index (χ1n) is 10.5. The molecule has 4 nitrogen and oxygen atoms in total. The van der Waals surface area contributed by atoms with Gasteiger partial charge in [0.25, 0.3) is 0 Å². The number of rotatable bonds is 4. The Morgan fingerprint density at radius 2 is 0.929 bits per heavy atom. The third-order valence-corrected chi connectivity index (χ3v) is 6.29. The van der Waals surface area contributed by atoms with Crippen LogP contribution < -0.4 is 10.6 Å². The van der Waals surface area contributed by atoms with Crippen molar-refractivity contribution in [3.05, 3.63) is 0 Å². The van der Waals surface area contributed by atoms with Crippen LogP contribution in [0.25, 0.3) is 0 Å². The molecule has 0 aromatic heterocycles. The first kappa shape index (κ1) is 21.4. The van der Waals surface area contributed by atoms with E-state index in [1.54, 1.807) is 0 Å². The Morgan fingerprint density at radius 3 is 1.29 bits per heavy atom. The fraction of sp³-hybridized carbons (Fsp3) is 0.900. The van der Waals surface area contributed by atoms with Gasteiger partial charge in [0.1, 0.15) is 24.7 Å². The lowest BCUT2D eigenvalue weighted by molar-refractivity contribution is -0.129. The molecule has 0 aromatic carbocycles. The standard InChI is InChI=1S/C20H30F4N2O2/c21-13-4-11(5-14(22)8-13)19(27)25-17-2-1-3-18(10-17)26-20(28)12-6-15(23)9-16(24)7-12/h11-18H,1-10H2,(H,25,27)(H,26,28). The minimum Gasteiger partial charge on any atom is -0.353 e. The van der Waals surface area contributed by atoms with E-state index in [2.05, 4.69) is 10.6 Å². The van der Waals surface area contributed by atoms with Gasteiger partial charge in [0.2, 0.25) is 11.8 Å². The number of amides is 2. The third-order valence-electron chi connectivity index (χ3n) is 6.29. The summed E-state index contributed by atoms with van der Waals surface area (Å²) in [6.45, 7) is 0. The Balaban J connectivity index is 1.47. The topological polar surface area (TPSA) is 58.2 Å². The highest BCUT2D eigenvalue weighted by Crippen LogP contribution is 2.31. The van der Waals surface area contributed by atoms with Crippen molar-refractivity contribution in [3.8, 4) is 0 Å². The molecule has 3 aliphatic carbocycles. The fourth-order valence-corrected chi connectivity index (χ4v) is 4.89. The summed E-state index contributed by atoms with van der Waals surface area (Å²) in [5, 5.41) is 5.77. The zero-order valence-electron chi connectivity index (χ0n) is 16.0. The van der Waals surface area contributed by atoms with Gasteiger partial charge in [0.05, 0.1) is 0 Å². The fourth-order valence-electron chi connectivity index (χ4n) is 4.89. The van der Waals surface area contributed by atoms with Crippen molar-refractivity contribution in [1.82, 2.24) is 10.6 Å². The predicted molar refractivity (Wildman–Crippen MR) is 96.6 cm³/mol. The Kier molecular flexibility index (Phi) is 7.20. The number of carbonyl (C=O) groups excluding carboxylic acids is 2.